The number of carbonyl (C=O) groups excluding carboxylic acids is 3. The first-order valence-electron chi connectivity index (χ1n) is 12.0. The minimum atomic E-state index is -0.608. The van der Waals surface area contributed by atoms with E-state index in [1.165, 1.54) is 26.5 Å². The average molecular weight is 526 g/mol. The molecule has 4 aromatic carbocycles. The molecule has 0 spiro atoms. The van der Waals surface area contributed by atoms with Gasteiger partial charge in [0.2, 0.25) is 0 Å². The van der Waals surface area contributed by atoms with Crippen LogP contribution in [0.2, 0.25) is 0 Å². The number of carbonyl (C=O) groups is 3. The molecule has 2 N–H and O–H groups in total. The zero-order valence-corrected chi connectivity index (χ0v) is 21.7. The van der Waals surface area contributed by atoms with Crippen molar-refractivity contribution in [3.63, 3.8) is 0 Å². The first-order valence-corrected chi connectivity index (χ1v) is 12.0. The molecular formula is C30H27N3O6. The van der Waals surface area contributed by atoms with Crippen LogP contribution in [0.25, 0.3) is 10.8 Å². The van der Waals surface area contributed by atoms with Crippen molar-refractivity contribution in [3.05, 3.63) is 101 Å². The van der Waals surface area contributed by atoms with Gasteiger partial charge in [0.25, 0.3) is 11.8 Å². The number of hydrogen-bond donors (Lipinski definition) is 2. The Morgan fingerprint density at radius 1 is 0.821 bits per heavy atom. The number of esters is 1. The number of nitrogens with one attached hydrogen (secondary N) is 2. The summed E-state index contributed by atoms with van der Waals surface area (Å²) in [5.41, 5.74) is 4.63. The molecular weight excluding hydrogens is 498 g/mol. The molecule has 0 aliphatic carbocycles. The number of fused-ring (bicyclic) bond motifs is 1. The smallest absolute Gasteiger partial charge is 0.343 e. The Balaban J connectivity index is 1.49. The summed E-state index contributed by atoms with van der Waals surface area (Å²) in [6.07, 6.45) is 1.40. The Labute approximate surface area is 225 Å². The van der Waals surface area contributed by atoms with Crippen molar-refractivity contribution in [1.82, 2.24) is 10.7 Å². The van der Waals surface area contributed by atoms with Crippen LogP contribution in [0.4, 0.5) is 0 Å². The van der Waals surface area contributed by atoms with E-state index in [0.29, 0.717) is 22.6 Å². The standard InChI is InChI=1S/C30H27N3O6/c1-19-8-10-21(11-9-19)29(35)31-18-28(34)33-32-17-24-23-7-5-4-6-20(23)12-14-25(24)39-30(36)22-13-15-26(37-2)27(16-22)38-3/h4-17H,18H2,1-3H3,(H,31,35)(H,33,34)/b32-17+. The summed E-state index contributed by atoms with van der Waals surface area (Å²) < 4.78 is 16.2. The van der Waals surface area contributed by atoms with E-state index >= 15 is 0 Å². The molecule has 9 heteroatoms. The lowest BCUT2D eigenvalue weighted by Gasteiger charge is -2.12. The molecule has 0 aliphatic heterocycles. The highest BCUT2D eigenvalue weighted by atomic mass is 16.5. The van der Waals surface area contributed by atoms with E-state index < -0.39 is 11.9 Å². The van der Waals surface area contributed by atoms with Crippen LogP contribution in [-0.4, -0.2) is 44.8 Å². The molecule has 2 amide bonds. The molecule has 0 aromatic heterocycles. The van der Waals surface area contributed by atoms with Crippen molar-refractivity contribution < 1.29 is 28.6 Å². The molecule has 0 aliphatic rings. The third-order valence-corrected chi connectivity index (χ3v) is 5.86. The van der Waals surface area contributed by atoms with Crippen LogP contribution in [-0.2, 0) is 4.79 Å². The Bertz CT molecular complexity index is 1550. The molecule has 198 valence electrons. The summed E-state index contributed by atoms with van der Waals surface area (Å²) >= 11 is 0. The van der Waals surface area contributed by atoms with Gasteiger partial charge in [-0.05, 0) is 54.1 Å². The molecule has 39 heavy (non-hydrogen) atoms. The highest BCUT2D eigenvalue weighted by Crippen LogP contribution is 2.30. The largest absolute Gasteiger partial charge is 0.493 e. The number of benzene rings is 4. The molecule has 0 saturated heterocycles. The van der Waals surface area contributed by atoms with E-state index in [1.807, 2.05) is 49.4 Å². The van der Waals surface area contributed by atoms with Crippen LogP contribution in [0.1, 0.15) is 31.8 Å². The van der Waals surface area contributed by atoms with Gasteiger partial charge in [0.05, 0.1) is 32.5 Å². The fraction of sp³-hybridized carbons (Fsp3) is 0.133. The number of methoxy groups -OCH3 is 2. The van der Waals surface area contributed by atoms with Crippen molar-refractivity contribution in [1.29, 1.82) is 0 Å². The fourth-order valence-corrected chi connectivity index (χ4v) is 3.80. The molecule has 4 aromatic rings. The van der Waals surface area contributed by atoms with Crippen LogP contribution < -0.4 is 25.0 Å². The van der Waals surface area contributed by atoms with Crippen LogP contribution in [0.3, 0.4) is 0 Å². The van der Waals surface area contributed by atoms with Gasteiger partial charge < -0.3 is 19.5 Å². The van der Waals surface area contributed by atoms with Crippen LogP contribution in [0.5, 0.6) is 17.2 Å². The minimum Gasteiger partial charge on any atom is -0.493 e. The first-order chi connectivity index (χ1) is 18.9. The second-order valence-electron chi connectivity index (χ2n) is 8.50. The number of hydrazone groups is 1. The fourth-order valence-electron chi connectivity index (χ4n) is 3.80. The predicted molar refractivity (Wildman–Crippen MR) is 148 cm³/mol. The summed E-state index contributed by atoms with van der Waals surface area (Å²) in [6, 6.07) is 22.7. The summed E-state index contributed by atoms with van der Waals surface area (Å²) in [5, 5.41) is 8.25. The molecule has 4 rings (SSSR count). The van der Waals surface area contributed by atoms with Gasteiger partial charge in [0.15, 0.2) is 11.5 Å². The number of rotatable bonds is 9. The number of hydrogen-bond acceptors (Lipinski definition) is 7. The minimum absolute atomic E-state index is 0.249. The third kappa shape index (κ3) is 6.58. The van der Waals surface area contributed by atoms with Gasteiger partial charge in [-0.25, -0.2) is 10.2 Å². The second kappa shape index (κ2) is 12.4. The van der Waals surface area contributed by atoms with Gasteiger partial charge in [-0.3, -0.25) is 9.59 Å². The third-order valence-electron chi connectivity index (χ3n) is 5.86. The summed E-state index contributed by atoms with van der Waals surface area (Å²) in [7, 11) is 2.99. The van der Waals surface area contributed by atoms with Gasteiger partial charge in [0.1, 0.15) is 5.75 Å². The molecule has 0 unspecified atom stereocenters. The van der Waals surface area contributed by atoms with Crippen molar-refractivity contribution in [2.24, 2.45) is 5.10 Å². The maximum absolute atomic E-state index is 13.0. The van der Waals surface area contributed by atoms with E-state index in [1.54, 1.807) is 30.3 Å². The quantitative estimate of drug-likeness (QED) is 0.146. The Morgan fingerprint density at radius 2 is 1.51 bits per heavy atom. The number of aryl methyl sites for hydroxylation is 1. The monoisotopic (exact) mass is 525 g/mol. The highest BCUT2D eigenvalue weighted by molar-refractivity contribution is 6.04. The molecule has 9 nitrogen and oxygen atoms in total. The van der Waals surface area contributed by atoms with Crippen LogP contribution in [0.15, 0.2) is 84.0 Å². The molecule has 0 radical (unpaired) electrons. The van der Waals surface area contributed by atoms with Crippen molar-refractivity contribution in [2.45, 2.75) is 6.92 Å². The van der Waals surface area contributed by atoms with Crippen molar-refractivity contribution in [2.75, 3.05) is 20.8 Å². The van der Waals surface area contributed by atoms with Gasteiger partial charge in [-0.1, -0.05) is 48.0 Å². The summed E-state index contributed by atoms with van der Waals surface area (Å²) in [4.78, 5) is 37.5. The molecule has 0 heterocycles. The van der Waals surface area contributed by atoms with Gasteiger partial charge in [-0.15, -0.1) is 0 Å². The summed E-state index contributed by atoms with van der Waals surface area (Å²) in [6.45, 7) is 1.66. The molecule has 0 atom stereocenters. The zero-order chi connectivity index (χ0) is 27.8. The molecule has 0 bridgehead atoms. The lowest BCUT2D eigenvalue weighted by Crippen LogP contribution is -2.34. The van der Waals surface area contributed by atoms with Gasteiger partial charge in [0, 0.05) is 11.1 Å². The predicted octanol–water partition coefficient (Wildman–Crippen LogP) is 4.26. The maximum Gasteiger partial charge on any atom is 0.343 e. The Hall–Kier alpha value is -5.18. The van der Waals surface area contributed by atoms with Crippen LogP contribution >= 0.6 is 0 Å². The van der Waals surface area contributed by atoms with Gasteiger partial charge in [-0.2, -0.15) is 5.10 Å². The van der Waals surface area contributed by atoms with E-state index in [2.05, 4.69) is 15.8 Å². The molecule has 0 fully saturated rings. The summed E-state index contributed by atoms with van der Waals surface area (Å²) in [5.74, 6) is -0.367. The van der Waals surface area contributed by atoms with Gasteiger partial charge >= 0.3 is 5.97 Å². The van der Waals surface area contributed by atoms with E-state index in [-0.39, 0.29) is 23.8 Å². The number of ether oxygens (including phenoxy) is 3. The van der Waals surface area contributed by atoms with E-state index in [0.717, 1.165) is 16.3 Å². The lowest BCUT2D eigenvalue weighted by molar-refractivity contribution is -0.120. The topological polar surface area (TPSA) is 115 Å². The Kier molecular flexibility index (Phi) is 8.53. The van der Waals surface area contributed by atoms with Crippen molar-refractivity contribution in [3.8, 4) is 17.2 Å². The Morgan fingerprint density at radius 3 is 2.26 bits per heavy atom. The average Bonchev–Trinajstić information content (AvgIpc) is 2.96. The normalized spacial score (nSPS) is 10.7. The SMILES string of the molecule is COc1ccc(C(=O)Oc2ccc3ccccc3c2/C=N/NC(=O)CNC(=O)c2ccc(C)cc2)cc1OC. The first kappa shape index (κ1) is 26.9. The van der Waals surface area contributed by atoms with Crippen LogP contribution in [0, 0.1) is 6.92 Å². The lowest BCUT2D eigenvalue weighted by atomic mass is 10.0. The van der Waals surface area contributed by atoms with Crippen molar-refractivity contribution >= 4 is 34.8 Å². The number of amides is 2. The second-order valence-corrected chi connectivity index (χ2v) is 8.50. The molecule has 0 saturated carbocycles. The van der Waals surface area contributed by atoms with E-state index in [4.69, 9.17) is 14.2 Å². The highest BCUT2D eigenvalue weighted by Gasteiger charge is 2.16. The zero-order valence-electron chi connectivity index (χ0n) is 21.7. The van der Waals surface area contributed by atoms with E-state index in [9.17, 15) is 14.4 Å². The maximum atomic E-state index is 13.0. The number of nitrogens with zero attached hydrogens (tertiary/aromatic N) is 1.